The average Bonchev–Trinajstić information content (AvgIpc) is 2.68. The number of nitrogens with two attached hydrogens (primary N) is 1. The van der Waals surface area contributed by atoms with Crippen LogP contribution in [0.3, 0.4) is 0 Å². The first-order valence-electron chi connectivity index (χ1n) is 5.53. The van der Waals surface area contributed by atoms with Crippen molar-refractivity contribution in [2.75, 3.05) is 5.32 Å². The summed E-state index contributed by atoms with van der Waals surface area (Å²) in [6, 6.07) is 6.04. The maximum Gasteiger partial charge on any atom is 0.223 e. The summed E-state index contributed by atoms with van der Waals surface area (Å²) in [6.45, 7) is 2.01. The van der Waals surface area contributed by atoms with Crippen molar-refractivity contribution in [2.45, 2.75) is 16.9 Å². The van der Waals surface area contributed by atoms with E-state index in [4.69, 9.17) is 52.8 Å². The maximum absolute atomic E-state index is 5.66. The molecule has 2 aromatic rings. The fraction of sp³-hybridized carbons (Fsp3) is 0.273. The molecule has 1 aromatic heterocycles. The third-order valence-electron chi connectivity index (χ3n) is 2.40. The summed E-state index contributed by atoms with van der Waals surface area (Å²) in [5.74, 6) is 0. The summed E-state index contributed by atoms with van der Waals surface area (Å²) in [4.78, 5) is 4.42. The SMILES string of the molecule is Cc1ccc2sc(NC(=S)NC(N)C(Cl)(Cl)Cl)nc2c1. The van der Waals surface area contributed by atoms with Crippen molar-refractivity contribution in [1.82, 2.24) is 10.3 Å². The van der Waals surface area contributed by atoms with Gasteiger partial charge in [-0.3, -0.25) is 0 Å². The molecular weight excluding hydrogens is 359 g/mol. The predicted octanol–water partition coefficient (Wildman–Crippen LogP) is 3.55. The van der Waals surface area contributed by atoms with Gasteiger partial charge in [-0.2, -0.15) is 0 Å². The van der Waals surface area contributed by atoms with Gasteiger partial charge in [-0.1, -0.05) is 52.2 Å². The molecule has 4 N–H and O–H groups in total. The molecule has 0 aliphatic carbocycles. The van der Waals surface area contributed by atoms with E-state index in [-0.39, 0.29) is 5.11 Å². The maximum atomic E-state index is 5.66. The number of rotatable bonds is 2. The van der Waals surface area contributed by atoms with Crippen molar-refractivity contribution >= 4 is 78.8 Å². The molecule has 1 unspecified atom stereocenters. The van der Waals surface area contributed by atoms with Crippen LogP contribution >= 0.6 is 58.4 Å². The summed E-state index contributed by atoms with van der Waals surface area (Å²) >= 11 is 23.5. The van der Waals surface area contributed by atoms with Gasteiger partial charge in [0.25, 0.3) is 0 Å². The van der Waals surface area contributed by atoms with Crippen LogP contribution in [0.1, 0.15) is 5.56 Å². The number of thiazole rings is 1. The van der Waals surface area contributed by atoms with Crippen molar-refractivity contribution in [2.24, 2.45) is 5.73 Å². The van der Waals surface area contributed by atoms with Gasteiger partial charge in [0.05, 0.1) is 10.2 Å². The Morgan fingerprint density at radius 1 is 1.45 bits per heavy atom. The number of aryl methyl sites for hydroxylation is 1. The summed E-state index contributed by atoms with van der Waals surface area (Å²) < 4.78 is -0.581. The molecule has 1 atom stereocenters. The van der Waals surface area contributed by atoms with Gasteiger partial charge in [-0.15, -0.1) is 0 Å². The Bertz CT molecular complexity index is 638. The van der Waals surface area contributed by atoms with E-state index < -0.39 is 9.96 Å². The van der Waals surface area contributed by atoms with E-state index in [1.807, 2.05) is 25.1 Å². The Morgan fingerprint density at radius 2 is 2.15 bits per heavy atom. The number of nitrogens with one attached hydrogen (secondary N) is 2. The quantitative estimate of drug-likeness (QED) is 0.429. The number of hydrogen-bond donors (Lipinski definition) is 3. The topological polar surface area (TPSA) is 63.0 Å². The number of anilines is 1. The predicted molar refractivity (Wildman–Crippen MR) is 92.0 cm³/mol. The molecule has 0 saturated heterocycles. The first kappa shape index (κ1) is 16.0. The molecule has 0 bridgehead atoms. The molecule has 0 amide bonds. The summed E-state index contributed by atoms with van der Waals surface area (Å²) in [6.07, 6.45) is -0.913. The van der Waals surface area contributed by atoms with Crippen molar-refractivity contribution < 1.29 is 0 Å². The van der Waals surface area contributed by atoms with E-state index in [1.165, 1.54) is 11.3 Å². The summed E-state index contributed by atoms with van der Waals surface area (Å²) in [5, 5.41) is 6.52. The third-order valence-corrected chi connectivity index (χ3v) is 4.28. The number of nitrogens with zero attached hydrogens (tertiary/aromatic N) is 1. The molecule has 0 spiro atoms. The lowest BCUT2D eigenvalue weighted by Crippen LogP contribution is -2.51. The van der Waals surface area contributed by atoms with E-state index in [0.717, 1.165) is 15.8 Å². The number of aromatic nitrogens is 1. The Kier molecular flexibility index (Phi) is 4.94. The first-order chi connectivity index (χ1) is 9.25. The smallest absolute Gasteiger partial charge is 0.223 e. The molecular formula is C11H11Cl3N4S2. The molecule has 0 saturated carbocycles. The van der Waals surface area contributed by atoms with Gasteiger partial charge in [0, 0.05) is 0 Å². The molecule has 0 fully saturated rings. The van der Waals surface area contributed by atoms with Crippen molar-refractivity contribution in [1.29, 1.82) is 0 Å². The van der Waals surface area contributed by atoms with Gasteiger partial charge in [0.15, 0.2) is 10.2 Å². The first-order valence-corrected chi connectivity index (χ1v) is 7.88. The zero-order chi connectivity index (χ0) is 14.9. The normalized spacial score (nSPS) is 13.2. The van der Waals surface area contributed by atoms with Crippen LogP contribution in [0.25, 0.3) is 10.2 Å². The molecule has 2 rings (SSSR count). The van der Waals surface area contributed by atoms with Gasteiger partial charge in [-0.05, 0) is 36.8 Å². The van der Waals surface area contributed by atoms with Crippen LogP contribution in [0, 0.1) is 6.92 Å². The largest absolute Gasteiger partial charge is 0.343 e. The highest BCUT2D eigenvalue weighted by Gasteiger charge is 2.29. The Hall–Kier alpha value is -0.370. The highest BCUT2D eigenvalue weighted by molar-refractivity contribution is 7.80. The fourth-order valence-electron chi connectivity index (χ4n) is 1.45. The van der Waals surface area contributed by atoms with Crippen LogP contribution in [-0.2, 0) is 0 Å². The molecule has 1 heterocycles. The number of alkyl halides is 3. The van der Waals surface area contributed by atoms with Crippen LogP contribution in [0.5, 0.6) is 0 Å². The number of benzene rings is 1. The van der Waals surface area contributed by atoms with Crippen LogP contribution in [0.4, 0.5) is 5.13 Å². The highest BCUT2D eigenvalue weighted by Crippen LogP contribution is 2.28. The van der Waals surface area contributed by atoms with E-state index >= 15 is 0 Å². The molecule has 1 aromatic carbocycles. The fourth-order valence-corrected chi connectivity index (χ4v) is 2.75. The molecule has 4 nitrogen and oxygen atoms in total. The highest BCUT2D eigenvalue weighted by atomic mass is 35.6. The van der Waals surface area contributed by atoms with Crippen LogP contribution < -0.4 is 16.4 Å². The number of halogens is 3. The molecule has 9 heteroatoms. The zero-order valence-corrected chi connectivity index (χ0v) is 14.2. The Labute approximate surface area is 140 Å². The van der Waals surface area contributed by atoms with E-state index in [2.05, 4.69) is 15.6 Å². The van der Waals surface area contributed by atoms with E-state index in [9.17, 15) is 0 Å². The molecule has 0 radical (unpaired) electrons. The molecule has 0 aliphatic rings. The number of thiocarbonyl (C=S) groups is 1. The number of hydrogen-bond acceptors (Lipinski definition) is 4. The minimum atomic E-state index is -1.64. The monoisotopic (exact) mass is 368 g/mol. The molecule has 108 valence electrons. The van der Waals surface area contributed by atoms with E-state index in [0.29, 0.717) is 5.13 Å². The van der Waals surface area contributed by atoms with Crippen molar-refractivity contribution in [3.8, 4) is 0 Å². The third kappa shape index (κ3) is 4.07. The second kappa shape index (κ2) is 6.17. The standard InChI is InChI=1S/C11H11Cl3N4S2/c1-5-2-3-7-6(4-5)16-10(20-7)18-9(19)17-8(15)11(12,13)14/h2-4,8H,15H2,1H3,(H2,16,17,18,19). The van der Waals surface area contributed by atoms with Gasteiger partial charge in [-0.25, -0.2) is 4.98 Å². The van der Waals surface area contributed by atoms with Crippen LogP contribution in [0.2, 0.25) is 0 Å². The lowest BCUT2D eigenvalue weighted by atomic mass is 10.2. The summed E-state index contributed by atoms with van der Waals surface area (Å²) in [7, 11) is 0. The summed E-state index contributed by atoms with van der Waals surface area (Å²) in [5.41, 5.74) is 7.70. The molecule has 20 heavy (non-hydrogen) atoms. The van der Waals surface area contributed by atoms with Crippen LogP contribution in [0.15, 0.2) is 18.2 Å². The van der Waals surface area contributed by atoms with Gasteiger partial charge >= 0.3 is 0 Å². The van der Waals surface area contributed by atoms with Gasteiger partial charge in [0.2, 0.25) is 3.79 Å². The van der Waals surface area contributed by atoms with Crippen LogP contribution in [-0.4, -0.2) is 20.1 Å². The van der Waals surface area contributed by atoms with E-state index in [1.54, 1.807) is 0 Å². The second-order valence-corrected chi connectivity index (χ2v) is 7.92. The Balaban J connectivity index is 2.06. The zero-order valence-electron chi connectivity index (χ0n) is 10.3. The lowest BCUT2D eigenvalue weighted by Gasteiger charge is -2.22. The average molecular weight is 370 g/mol. The molecule has 0 aliphatic heterocycles. The van der Waals surface area contributed by atoms with Gasteiger partial charge < -0.3 is 16.4 Å². The number of fused-ring (bicyclic) bond motifs is 1. The van der Waals surface area contributed by atoms with Crippen molar-refractivity contribution in [3.05, 3.63) is 23.8 Å². The lowest BCUT2D eigenvalue weighted by molar-refractivity contribution is 0.652. The second-order valence-electron chi connectivity index (χ2n) is 4.11. The minimum absolute atomic E-state index is 0.250. The van der Waals surface area contributed by atoms with Crippen molar-refractivity contribution in [3.63, 3.8) is 0 Å². The van der Waals surface area contributed by atoms with Gasteiger partial charge in [0.1, 0.15) is 6.17 Å². The minimum Gasteiger partial charge on any atom is -0.343 e. The Morgan fingerprint density at radius 3 is 2.80 bits per heavy atom.